The Morgan fingerprint density at radius 3 is 2.87 bits per heavy atom. The van der Waals surface area contributed by atoms with Gasteiger partial charge in [0.1, 0.15) is 0 Å². The summed E-state index contributed by atoms with van der Waals surface area (Å²) in [6, 6.07) is 6.44. The van der Waals surface area contributed by atoms with E-state index < -0.39 is 0 Å². The first-order chi connectivity index (χ1) is 10.8. The summed E-state index contributed by atoms with van der Waals surface area (Å²) < 4.78 is 1.17. The number of nitrogens with zero attached hydrogens (tertiary/aromatic N) is 1. The number of carbonyl (C=O) groups excluding carboxylic acids is 1. The van der Waals surface area contributed by atoms with Crippen LogP contribution >= 0.6 is 22.6 Å². The van der Waals surface area contributed by atoms with Crippen molar-refractivity contribution >= 4 is 39.4 Å². The van der Waals surface area contributed by atoms with Gasteiger partial charge in [-0.3, -0.25) is 4.79 Å². The van der Waals surface area contributed by atoms with Crippen LogP contribution in [0.3, 0.4) is 0 Å². The van der Waals surface area contributed by atoms with Crippen molar-refractivity contribution in [1.29, 1.82) is 0 Å². The number of hydrogen-bond acceptors (Lipinski definition) is 1. The van der Waals surface area contributed by atoms with E-state index in [-0.39, 0.29) is 11.3 Å². The van der Waals surface area contributed by atoms with Crippen molar-refractivity contribution in [3.63, 3.8) is 0 Å². The maximum atomic E-state index is 13.1. The summed E-state index contributed by atoms with van der Waals surface area (Å²) in [4.78, 5) is 18.5. The lowest BCUT2D eigenvalue weighted by molar-refractivity contribution is 0.0708. The van der Waals surface area contributed by atoms with Gasteiger partial charge < -0.3 is 9.88 Å². The van der Waals surface area contributed by atoms with Gasteiger partial charge in [-0.2, -0.15) is 0 Å². The predicted octanol–water partition coefficient (Wildman–Crippen LogP) is 4.81. The molecule has 0 radical (unpaired) electrons. The molecule has 1 N–H and O–H groups in total. The second kappa shape index (κ2) is 4.98. The van der Waals surface area contributed by atoms with Crippen LogP contribution in [0.15, 0.2) is 24.4 Å². The van der Waals surface area contributed by atoms with Crippen molar-refractivity contribution < 1.29 is 4.79 Å². The Morgan fingerprint density at radius 1 is 1.30 bits per heavy atom. The molecule has 2 unspecified atom stereocenters. The molecule has 1 saturated carbocycles. The minimum Gasteiger partial charge on any atom is -0.360 e. The molecule has 1 aromatic carbocycles. The highest BCUT2D eigenvalue weighted by molar-refractivity contribution is 14.1. The van der Waals surface area contributed by atoms with E-state index in [1.807, 2.05) is 24.4 Å². The molecule has 1 saturated heterocycles. The zero-order valence-electron chi connectivity index (χ0n) is 13.9. The monoisotopic (exact) mass is 422 g/mol. The Bertz CT molecular complexity index is 794. The normalized spacial score (nSPS) is 29.2. The summed E-state index contributed by atoms with van der Waals surface area (Å²) in [5.41, 5.74) is 2.55. The van der Waals surface area contributed by atoms with E-state index in [2.05, 4.69) is 53.2 Å². The van der Waals surface area contributed by atoms with E-state index in [4.69, 9.17) is 0 Å². The summed E-state index contributed by atoms with van der Waals surface area (Å²) in [5.74, 6) is 0.204. The number of aromatic amines is 1. The number of hydrogen-bond donors (Lipinski definition) is 1. The zero-order chi connectivity index (χ0) is 16.4. The summed E-state index contributed by atoms with van der Waals surface area (Å²) in [6.07, 6.45) is 5.49. The second-order valence-corrected chi connectivity index (χ2v) is 9.71. The minimum atomic E-state index is 0.204. The Labute approximate surface area is 151 Å². The van der Waals surface area contributed by atoms with Crippen LogP contribution in [0.2, 0.25) is 0 Å². The van der Waals surface area contributed by atoms with Gasteiger partial charge >= 0.3 is 0 Å². The van der Waals surface area contributed by atoms with E-state index in [0.29, 0.717) is 11.5 Å². The number of carbonyl (C=O) groups is 1. The SMILES string of the molecule is CC1(C)CC2CC(C)(CN2C(=O)c2ccc3[nH]cc(I)c3c2)C1. The van der Waals surface area contributed by atoms with Crippen molar-refractivity contribution in [1.82, 2.24) is 9.88 Å². The first kappa shape index (κ1) is 15.5. The fraction of sp³-hybridized carbons (Fsp3) is 0.526. The predicted molar refractivity (Wildman–Crippen MR) is 102 cm³/mol. The largest absolute Gasteiger partial charge is 0.360 e. The van der Waals surface area contributed by atoms with E-state index in [1.165, 1.54) is 9.99 Å². The standard InChI is InChI=1S/C19H23IN2O/c1-18(2)7-13-8-19(3,10-18)11-22(13)17(23)12-4-5-16-14(6-12)15(20)9-21-16/h4-6,9,13,21H,7-8,10-11H2,1-3H3. The number of benzene rings is 1. The molecule has 2 fully saturated rings. The Balaban J connectivity index is 1.67. The fourth-order valence-corrected chi connectivity index (χ4v) is 5.68. The topological polar surface area (TPSA) is 36.1 Å². The van der Waals surface area contributed by atoms with E-state index >= 15 is 0 Å². The van der Waals surface area contributed by atoms with Crippen molar-refractivity contribution in [3.05, 3.63) is 33.5 Å². The van der Waals surface area contributed by atoms with Crippen LogP contribution in [0.25, 0.3) is 10.9 Å². The quantitative estimate of drug-likeness (QED) is 0.658. The van der Waals surface area contributed by atoms with Crippen molar-refractivity contribution in [3.8, 4) is 0 Å². The molecule has 2 heterocycles. The number of likely N-dealkylation sites (tertiary alicyclic amines) is 1. The fourth-order valence-electron chi connectivity index (χ4n) is 5.08. The number of rotatable bonds is 1. The molecule has 1 aliphatic heterocycles. The molecule has 2 aromatic rings. The van der Waals surface area contributed by atoms with Gasteiger partial charge in [-0.05, 0) is 70.9 Å². The molecule has 0 spiro atoms. The lowest BCUT2D eigenvalue weighted by Gasteiger charge is -2.39. The van der Waals surface area contributed by atoms with Crippen LogP contribution < -0.4 is 0 Å². The van der Waals surface area contributed by atoms with Gasteiger partial charge in [0.05, 0.1) is 0 Å². The first-order valence-corrected chi connectivity index (χ1v) is 9.42. The maximum Gasteiger partial charge on any atom is 0.254 e. The van der Waals surface area contributed by atoms with Crippen LogP contribution in [0.4, 0.5) is 0 Å². The van der Waals surface area contributed by atoms with Gasteiger partial charge in [-0.1, -0.05) is 20.8 Å². The molecule has 1 aliphatic carbocycles. The smallest absolute Gasteiger partial charge is 0.254 e. The molecule has 4 heteroatoms. The number of nitrogens with one attached hydrogen (secondary N) is 1. The van der Waals surface area contributed by atoms with Gasteiger partial charge in [0, 0.05) is 38.8 Å². The van der Waals surface area contributed by atoms with Crippen LogP contribution in [-0.4, -0.2) is 28.4 Å². The third kappa shape index (κ3) is 2.59. The van der Waals surface area contributed by atoms with Gasteiger partial charge in [0.2, 0.25) is 0 Å². The van der Waals surface area contributed by atoms with Crippen molar-refractivity contribution in [2.45, 2.75) is 46.1 Å². The number of halogens is 1. The minimum absolute atomic E-state index is 0.204. The molecular weight excluding hydrogens is 399 g/mol. The molecule has 23 heavy (non-hydrogen) atoms. The molecule has 4 rings (SSSR count). The molecule has 1 amide bonds. The van der Waals surface area contributed by atoms with Crippen LogP contribution in [-0.2, 0) is 0 Å². The lowest BCUT2D eigenvalue weighted by atomic mass is 9.65. The average molecular weight is 422 g/mol. The highest BCUT2D eigenvalue weighted by Gasteiger charge is 2.51. The van der Waals surface area contributed by atoms with Crippen LogP contribution in [0, 0.1) is 14.4 Å². The molecule has 3 nitrogen and oxygen atoms in total. The Kier molecular flexibility index (Phi) is 3.35. The third-order valence-corrected chi connectivity index (χ3v) is 6.45. The molecule has 2 atom stereocenters. The Morgan fingerprint density at radius 2 is 2.09 bits per heavy atom. The molecule has 2 bridgehead atoms. The van der Waals surface area contributed by atoms with E-state index in [0.717, 1.165) is 35.9 Å². The third-order valence-electron chi connectivity index (χ3n) is 5.55. The molecule has 2 aliphatic rings. The number of fused-ring (bicyclic) bond motifs is 3. The van der Waals surface area contributed by atoms with Crippen molar-refractivity contribution in [2.75, 3.05) is 6.54 Å². The highest BCUT2D eigenvalue weighted by Crippen LogP contribution is 2.52. The summed E-state index contributed by atoms with van der Waals surface area (Å²) in [5, 5.41) is 1.14. The van der Waals surface area contributed by atoms with Gasteiger partial charge in [0.25, 0.3) is 5.91 Å². The number of amides is 1. The van der Waals surface area contributed by atoms with Gasteiger partial charge in [0.15, 0.2) is 0 Å². The first-order valence-electron chi connectivity index (χ1n) is 8.34. The highest BCUT2D eigenvalue weighted by atomic mass is 127. The Hall–Kier alpha value is -1.04. The van der Waals surface area contributed by atoms with Crippen LogP contribution in [0.5, 0.6) is 0 Å². The summed E-state index contributed by atoms with van der Waals surface area (Å²) in [6.45, 7) is 7.95. The number of aromatic nitrogens is 1. The molecule has 1 aromatic heterocycles. The van der Waals surface area contributed by atoms with Crippen LogP contribution in [0.1, 0.15) is 50.4 Å². The van der Waals surface area contributed by atoms with E-state index in [1.54, 1.807) is 0 Å². The second-order valence-electron chi connectivity index (χ2n) is 8.54. The molecular formula is C19H23IN2O. The van der Waals surface area contributed by atoms with Gasteiger partial charge in [-0.25, -0.2) is 0 Å². The average Bonchev–Trinajstić information content (AvgIpc) is 2.94. The maximum absolute atomic E-state index is 13.1. The van der Waals surface area contributed by atoms with E-state index in [9.17, 15) is 4.79 Å². The number of H-pyrrole nitrogens is 1. The summed E-state index contributed by atoms with van der Waals surface area (Å²) in [7, 11) is 0. The van der Waals surface area contributed by atoms with Crippen molar-refractivity contribution in [2.24, 2.45) is 10.8 Å². The molecule has 122 valence electrons. The lowest BCUT2D eigenvalue weighted by Crippen LogP contribution is -2.37. The zero-order valence-corrected chi connectivity index (χ0v) is 16.1. The summed E-state index contributed by atoms with van der Waals surface area (Å²) >= 11 is 2.32. The van der Waals surface area contributed by atoms with Gasteiger partial charge in [-0.15, -0.1) is 0 Å².